The number of aryl methyl sites for hydroxylation is 2. The molecule has 3 aromatic rings. The molecule has 0 bridgehead atoms. The second-order valence-electron chi connectivity index (χ2n) is 6.10. The van der Waals surface area contributed by atoms with Gasteiger partial charge in [-0.15, -0.1) is 0 Å². The summed E-state index contributed by atoms with van der Waals surface area (Å²) in [6, 6.07) is 7.18. The summed E-state index contributed by atoms with van der Waals surface area (Å²) in [4.78, 5) is 31.4. The van der Waals surface area contributed by atoms with E-state index in [1.807, 2.05) is 6.07 Å². The van der Waals surface area contributed by atoms with Gasteiger partial charge in [0.1, 0.15) is 5.76 Å². The third kappa shape index (κ3) is 3.56. The molecular formula is C19H20N4O3. The predicted octanol–water partition coefficient (Wildman–Crippen LogP) is 2.44. The predicted molar refractivity (Wildman–Crippen MR) is 94.2 cm³/mol. The third-order valence-corrected chi connectivity index (χ3v) is 4.24. The van der Waals surface area contributed by atoms with Gasteiger partial charge >= 0.3 is 0 Å². The minimum Gasteiger partial charge on any atom is -0.467 e. The topological polar surface area (TPSA) is 81.2 Å². The Morgan fingerprint density at radius 3 is 2.58 bits per heavy atom. The quantitative estimate of drug-likeness (QED) is 0.503. The second-order valence-corrected chi connectivity index (χ2v) is 6.10. The highest BCUT2D eigenvalue weighted by molar-refractivity contribution is 6.43. The zero-order valence-electron chi connectivity index (χ0n) is 15.0. The Balaban J connectivity index is 1.89. The summed E-state index contributed by atoms with van der Waals surface area (Å²) >= 11 is 0. The maximum absolute atomic E-state index is 13.0. The fourth-order valence-electron chi connectivity index (χ4n) is 2.85. The van der Waals surface area contributed by atoms with Gasteiger partial charge in [-0.1, -0.05) is 6.07 Å². The molecule has 0 radical (unpaired) electrons. The Labute approximate surface area is 151 Å². The highest BCUT2D eigenvalue weighted by Gasteiger charge is 2.28. The van der Waals surface area contributed by atoms with Gasteiger partial charge in [-0.2, -0.15) is 5.10 Å². The van der Waals surface area contributed by atoms with Crippen LogP contribution in [0.5, 0.6) is 0 Å². The molecule has 134 valence electrons. The first-order valence-corrected chi connectivity index (χ1v) is 8.22. The van der Waals surface area contributed by atoms with Gasteiger partial charge in [-0.05, 0) is 37.6 Å². The van der Waals surface area contributed by atoms with Crippen molar-refractivity contribution in [3.63, 3.8) is 0 Å². The molecule has 0 saturated carbocycles. The van der Waals surface area contributed by atoms with Crippen LogP contribution in [0.25, 0.3) is 0 Å². The molecule has 0 aromatic carbocycles. The summed E-state index contributed by atoms with van der Waals surface area (Å²) < 4.78 is 6.96. The molecule has 0 unspecified atom stereocenters. The number of hydrogen-bond acceptors (Lipinski definition) is 5. The lowest BCUT2D eigenvalue weighted by Gasteiger charge is -2.21. The highest BCUT2D eigenvalue weighted by Crippen LogP contribution is 2.17. The van der Waals surface area contributed by atoms with Crippen molar-refractivity contribution in [2.24, 2.45) is 7.05 Å². The van der Waals surface area contributed by atoms with E-state index in [0.717, 1.165) is 5.56 Å². The molecule has 3 aromatic heterocycles. The number of ketones is 1. The Bertz CT molecular complexity index is 914. The molecule has 7 heteroatoms. The summed E-state index contributed by atoms with van der Waals surface area (Å²) in [5, 5.41) is 4.23. The fourth-order valence-corrected chi connectivity index (χ4v) is 2.85. The SMILES string of the molecule is Cc1nn(C)c(C)c1C(=O)C(=O)N(Cc1cccnc1)Cc1ccco1. The van der Waals surface area contributed by atoms with E-state index in [9.17, 15) is 9.59 Å². The zero-order chi connectivity index (χ0) is 18.7. The first-order valence-electron chi connectivity index (χ1n) is 8.22. The van der Waals surface area contributed by atoms with Crippen LogP contribution in [0.15, 0.2) is 47.3 Å². The molecule has 0 aliphatic heterocycles. The van der Waals surface area contributed by atoms with E-state index in [1.54, 1.807) is 62.4 Å². The molecule has 7 nitrogen and oxygen atoms in total. The number of rotatable bonds is 6. The van der Waals surface area contributed by atoms with E-state index in [0.29, 0.717) is 22.7 Å². The largest absolute Gasteiger partial charge is 0.467 e. The van der Waals surface area contributed by atoms with E-state index >= 15 is 0 Å². The van der Waals surface area contributed by atoms with Crippen molar-refractivity contribution in [3.8, 4) is 0 Å². The van der Waals surface area contributed by atoms with Crippen LogP contribution in [0.1, 0.15) is 33.1 Å². The standard InChI is InChI=1S/C19H20N4O3/c1-13-17(14(2)22(3)21-13)18(24)19(25)23(12-16-7-5-9-26-16)11-15-6-4-8-20-10-15/h4-10H,11-12H2,1-3H3. The van der Waals surface area contributed by atoms with Crippen molar-refractivity contribution in [3.05, 3.63) is 71.2 Å². The van der Waals surface area contributed by atoms with Gasteiger partial charge in [-0.25, -0.2) is 0 Å². The summed E-state index contributed by atoms with van der Waals surface area (Å²) in [6.07, 6.45) is 4.88. The molecule has 3 heterocycles. The molecule has 0 saturated heterocycles. The summed E-state index contributed by atoms with van der Waals surface area (Å²) in [7, 11) is 1.75. The highest BCUT2D eigenvalue weighted by atomic mass is 16.3. The lowest BCUT2D eigenvalue weighted by Crippen LogP contribution is -2.36. The molecule has 0 N–H and O–H groups in total. The van der Waals surface area contributed by atoms with Gasteiger partial charge in [-0.3, -0.25) is 19.3 Å². The van der Waals surface area contributed by atoms with Crippen molar-refractivity contribution in [2.75, 3.05) is 0 Å². The van der Waals surface area contributed by atoms with Crippen molar-refractivity contribution in [2.45, 2.75) is 26.9 Å². The van der Waals surface area contributed by atoms with Gasteiger partial charge < -0.3 is 9.32 Å². The van der Waals surface area contributed by atoms with Crippen LogP contribution >= 0.6 is 0 Å². The van der Waals surface area contributed by atoms with E-state index in [-0.39, 0.29) is 13.1 Å². The average Bonchev–Trinajstić information content (AvgIpc) is 3.22. The number of hydrogen-bond donors (Lipinski definition) is 0. The maximum atomic E-state index is 13.0. The van der Waals surface area contributed by atoms with Crippen LogP contribution < -0.4 is 0 Å². The molecule has 0 fully saturated rings. The van der Waals surface area contributed by atoms with Crippen LogP contribution in [-0.4, -0.2) is 31.4 Å². The van der Waals surface area contributed by atoms with Gasteiger partial charge in [0.05, 0.1) is 24.1 Å². The normalized spacial score (nSPS) is 10.7. The smallest absolute Gasteiger partial charge is 0.295 e. The van der Waals surface area contributed by atoms with Crippen molar-refractivity contribution >= 4 is 11.7 Å². The Hall–Kier alpha value is -3.22. The van der Waals surface area contributed by atoms with E-state index in [4.69, 9.17) is 4.42 Å². The molecule has 3 rings (SSSR count). The Morgan fingerprint density at radius 1 is 1.19 bits per heavy atom. The molecular weight excluding hydrogens is 332 g/mol. The van der Waals surface area contributed by atoms with E-state index in [1.165, 1.54) is 4.90 Å². The Morgan fingerprint density at radius 2 is 2.00 bits per heavy atom. The first kappa shape index (κ1) is 17.6. The minimum atomic E-state index is -0.593. The average molecular weight is 352 g/mol. The van der Waals surface area contributed by atoms with Crippen LogP contribution in [-0.2, 0) is 24.9 Å². The number of aromatic nitrogens is 3. The molecule has 26 heavy (non-hydrogen) atoms. The van der Waals surface area contributed by atoms with Crippen LogP contribution in [0.3, 0.4) is 0 Å². The van der Waals surface area contributed by atoms with Crippen molar-refractivity contribution in [1.82, 2.24) is 19.7 Å². The molecule has 0 aliphatic rings. The third-order valence-electron chi connectivity index (χ3n) is 4.24. The summed E-state index contributed by atoms with van der Waals surface area (Å²) in [5.74, 6) is -0.553. The van der Waals surface area contributed by atoms with Crippen LogP contribution in [0, 0.1) is 13.8 Å². The van der Waals surface area contributed by atoms with Gasteiger partial charge in [0.2, 0.25) is 0 Å². The zero-order valence-corrected chi connectivity index (χ0v) is 15.0. The fraction of sp³-hybridized carbons (Fsp3) is 0.263. The van der Waals surface area contributed by atoms with Crippen molar-refractivity contribution < 1.29 is 14.0 Å². The molecule has 1 amide bonds. The number of furan rings is 1. The minimum absolute atomic E-state index is 0.199. The van der Waals surface area contributed by atoms with Crippen LogP contribution in [0.2, 0.25) is 0 Å². The van der Waals surface area contributed by atoms with E-state index in [2.05, 4.69) is 10.1 Å². The number of amides is 1. The molecule has 0 atom stereocenters. The first-order chi connectivity index (χ1) is 12.5. The van der Waals surface area contributed by atoms with E-state index < -0.39 is 11.7 Å². The summed E-state index contributed by atoms with van der Waals surface area (Å²) in [6.45, 7) is 3.96. The number of carbonyl (C=O) groups is 2. The van der Waals surface area contributed by atoms with Gasteiger partial charge in [0.15, 0.2) is 0 Å². The molecule has 0 spiro atoms. The Kier molecular flexibility index (Phi) is 4.97. The summed E-state index contributed by atoms with van der Waals surface area (Å²) in [5.41, 5.74) is 2.40. The lowest BCUT2D eigenvalue weighted by atomic mass is 10.1. The van der Waals surface area contributed by atoms with Gasteiger partial charge in [0.25, 0.3) is 11.7 Å². The number of Topliss-reactive ketones (excluding diaryl/α,β-unsaturated/α-hetero) is 1. The molecule has 0 aliphatic carbocycles. The van der Waals surface area contributed by atoms with Crippen LogP contribution in [0.4, 0.5) is 0 Å². The number of pyridine rings is 1. The second kappa shape index (κ2) is 7.35. The lowest BCUT2D eigenvalue weighted by molar-refractivity contribution is -0.127. The maximum Gasteiger partial charge on any atom is 0.295 e. The van der Waals surface area contributed by atoms with Gasteiger partial charge in [0, 0.05) is 31.7 Å². The number of nitrogens with zero attached hydrogens (tertiary/aromatic N) is 4. The monoisotopic (exact) mass is 352 g/mol. The van der Waals surface area contributed by atoms with Crippen molar-refractivity contribution in [1.29, 1.82) is 0 Å². The number of carbonyl (C=O) groups excluding carboxylic acids is 2.